The molecule has 0 spiro atoms. The highest BCUT2D eigenvalue weighted by atomic mass is 35.5. The maximum atomic E-state index is 12.4. The number of halogens is 2. The predicted molar refractivity (Wildman–Crippen MR) is 105 cm³/mol. The van der Waals surface area contributed by atoms with E-state index in [1.165, 1.54) is 11.8 Å². The van der Waals surface area contributed by atoms with Gasteiger partial charge in [0.15, 0.2) is 0 Å². The molecule has 4 nitrogen and oxygen atoms in total. The monoisotopic (exact) mass is 396 g/mol. The van der Waals surface area contributed by atoms with Crippen LogP contribution in [0.15, 0.2) is 47.4 Å². The zero-order valence-electron chi connectivity index (χ0n) is 13.5. The number of nitrogens with one attached hydrogen (secondary N) is 1. The SMILES string of the molecule is O=C(CSc1ccccc1Cl)Nc1cccc(Cl)c1N1CCOCC1. The number of thioether (sulfide) groups is 1. The second-order valence-electron chi connectivity index (χ2n) is 5.50. The van der Waals surface area contributed by atoms with Crippen LogP contribution in [-0.4, -0.2) is 38.0 Å². The number of benzene rings is 2. The van der Waals surface area contributed by atoms with Crippen LogP contribution in [-0.2, 0) is 9.53 Å². The lowest BCUT2D eigenvalue weighted by Crippen LogP contribution is -2.37. The third-order valence-electron chi connectivity index (χ3n) is 3.78. The van der Waals surface area contributed by atoms with Crippen molar-refractivity contribution in [2.75, 3.05) is 42.3 Å². The van der Waals surface area contributed by atoms with Crippen LogP contribution in [0.3, 0.4) is 0 Å². The molecule has 132 valence electrons. The summed E-state index contributed by atoms with van der Waals surface area (Å²) in [5.41, 5.74) is 1.57. The van der Waals surface area contributed by atoms with Gasteiger partial charge in [-0.1, -0.05) is 41.4 Å². The van der Waals surface area contributed by atoms with Gasteiger partial charge in [0.1, 0.15) is 0 Å². The number of para-hydroxylation sites is 1. The number of carbonyl (C=O) groups excluding carboxylic acids is 1. The fourth-order valence-corrected chi connectivity index (χ4v) is 3.95. The molecular weight excluding hydrogens is 379 g/mol. The average Bonchev–Trinajstić information content (AvgIpc) is 2.62. The molecule has 2 aromatic rings. The Balaban J connectivity index is 1.68. The van der Waals surface area contributed by atoms with E-state index in [0.717, 1.165) is 29.4 Å². The van der Waals surface area contributed by atoms with Gasteiger partial charge in [0.2, 0.25) is 5.91 Å². The molecule has 1 saturated heterocycles. The van der Waals surface area contributed by atoms with E-state index in [0.29, 0.717) is 23.3 Å². The van der Waals surface area contributed by atoms with Crippen LogP contribution in [0.4, 0.5) is 11.4 Å². The van der Waals surface area contributed by atoms with E-state index >= 15 is 0 Å². The second kappa shape index (κ2) is 8.81. The van der Waals surface area contributed by atoms with E-state index in [1.54, 1.807) is 0 Å². The number of rotatable bonds is 5. The summed E-state index contributed by atoms with van der Waals surface area (Å²) in [5, 5.41) is 4.24. The van der Waals surface area contributed by atoms with Crippen LogP contribution in [0.1, 0.15) is 0 Å². The second-order valence-corrected chi connectivity index (χ2v) is 7.33. The Morgan fingerprint density at radius 3 is 2.56 bits per heavy atom. The molecule has 0 aromatic heterocycles. The van der Waals surface area contributed by atoms with Gasteiger partial charge in [-0.15, -0.1) is 11.8 Å². The van der Waals surface area contributed by atoms with Crippen molar-refractivity contribution in [3.8, 4) is 0 Å². The molecule has 0 radical (unpaired) electrons. The zero-order chi connectivity index (χ0) is 17.6. The van der Waals surface area contributed by atoms with Crippen LogP contribution >= 0.6 is 35.0 Å². The predicted octanol–water partition coefficient (Wildman–Crippen LogP) is 4.56. The lowest BCUT2D eigenvalue weighted by molar-refractivity contribution is -0.113. The number of hydrogen-bond donors (Lipinski definition) is 1. The van der Waals surface area contributed by atoms with E-state index in [9.17, 15) is 4.79 Å². The highest BCUT2D eigenvalue weighted by Gasteiger charge is 2.19. The van der Waals surface area contributed by atoms with Gasteiger partial charge in [-0.25, -0.2) is 0 Å². The normalized spacial score (nSPS) is 14.4. The molecule has 0 saturated carbocycles. The van der Waals surface area contributed by atoms with Crippen LogP contribution in [0, 0.1) is 0 Å². The number of morpholine rings is 1. The number of carbonyl (C=O) groups is 1. The third kappa shape index (κ3) is 4.82. The summed E-state index contributed by atoms with van der Waals surface area (Å²) >= 11 is 13.9. The summed E-state index contributed by atoms with van der Waals surface area (Å²) in [6.07, 6.45) is 0. The van der Waals surface area contributed by atoms with E-state index in [1.807, 2.05) is 42.5 Å². The van der Waals surface area contributed by atoms with Crippen molar-refractivity contribution in [3.05, 3.63) is 52.5 Å². The molecule has 25 heavy (non-hydrogen) atoms. The number of anilines is 2. The van der Waals surface area contributed by atoms with E-state index in [-0.39, 0.29) is 11.7 Å². The summed E-state index contributed by atoms with van der Waals surface area (Å²) < 4.78 is 5.39. The zero-order valence-corrected chi connectivity index (χ0v) is 15.8. The van der Waals surface area contributed by atoms with E-state index in [4.69, 9.17) is 27.9 Å². The fourth-order valence-electron chi connectivity index (χ4n) is 2.62. The largest absolute Gasteiger partial charge is 0.378 e. The lowest BCUT2D eigenvalue weighted by Gasteiger charge is -2.31. The van der Waals surface area contributed by atoms with Crippen molar-refractivity contribution in [3.63, 3.8) is 0 Å². The minimum Gasteiger partial charge on any atom is -0.378 e. The Morgan fingerprint density at radius 2 is 1.80 bits per heavy atom. The van der Waals surface area contributed by atoms with E-state index < -0.39 is 0 Å². The molecule has 1 aliphatic heterocycles. The standard InChI is InChI=1S/C18H18Cl2N2O2S/c19-13-4-1-2-7-16(13)25-12-17(23)21-15-6-3-5-14(20)18(15)22-8-10-24-11-9-22/h1-7H,8-12H2,(H,21,23). The summed E-state index contributed by atoms with van der Waals surface area (Å²) in [7, 11) is 0. The summed E-state index contributed by atoms with van der Waals surface area (Å²) in [6.45, 7) is 2.81. The molecule has 1 amide bonds. The maximum Gasteiger partial charge on any atom is 0.234 e. The molecular formula is C18H18Cl2N2O2S. The average molecular weight is 397 g/mol. The first-order valence-electron chi connectivity index (χ1n) is 7.93. The Labute approximate surface area is 161 Å². The topological polar surface area (TPSA) is 41.6 Å². The van der Waals surface area contributed by atoms with Gasteiger partial charge < -0.3 is 15.0 Å². The molecule has 3 rings (SSSR count). The highest BCUT2D eigenvalue weighted by molar-refractivity contribution is 8.00. The van der Waals surface area contributed by atoms with Gasteiger partial charge in [-0.05, 0) is 24.3 Å². The Bertz CT molecular complexity index is 752. The van der Waals surface area contributed by atoms with Gasteiger partial charge in [0.25, 0.3) is 0 Å². The third-order valence-corrected chi connectivity index (χ3v) is 5.60. The van der Waals surface area contributed by atoms with E-state index in [2.05, 4.69) is 10.2 Å². The lowest BCUT2D eigenvalue weighted by atomic mass is 10.2. The molecule has 0 atom stereocenters. The molecule has 1 fully saturated rings. The summed E-state index contributed by atoms with van der Waals surface area (Å²) in [4.78, 5) is 15.4. The van der Waals surface area contributed by atoms with Gasteiger partial charge in [0.05, 0.1) is 40.4 Å². The molecule has 1 heterocycles. The minimum atomic E-state index is -0.0957. The highest BCUT2D eigenvalue weighted by Crippen LogP contribution is 2.35. The Hall–Kier alpha value is -1.40. The van der Waals surface area contributed by atoms with Gasteiger partial charge in [-0.2, -0.15) is 0 Å². The maximum absolute atomic E-state index is 12.4. The van der Waals surface area contributed by atoms with Crippen LogP contribution in [0.5, 0.6) is 0 Å². The molecule has 0 unspecified atom stereocenters. The Morgan fingerprint density at radius 1 is 1.08 bits per heavy atom. The number of hydrogen-bond acceptors (Lipinski definition) is 4. The van der Waals surface area contributed by atoms with Crippen molar-refractivity contribution in [1.29, 1.82) is 0 Å². The quantitative estimate of drug-likeness (QED) is 0.751. The van der Waals surface area contributed by atoms with Crippen molar-refractivity contribution < 1.29 is 9.53 Å². The summed E-state index contributed by atoms with van der Waals surface area (Å²) in [6, 6.07) is 13.0. The van der Waals surface area contributed by atoms with Gasteiger partial charge >= 0.3 is 0 Å². The summed E-state index contributed by atoms with van der Waals surface area (Å²) in [5.74, 6) is 0.181. The van der Waals surface area contributed by atoms with Crippen molar-refractivity contribution >= 4 is 52.2 Å². The first kappa shape index (κ1) is 18.4. The number of ether oxygens (including phenoxy) is 1. The Kier molecular flexibility index (Phi) is 6.48. The van der Waals surface area contributed by atoms with Crippen molar-refractivity contribution in [2.24, 2.45) is 0 Å². The molecule has 1 N–H and O–H groups in total. The van der Waals surface area contributed by atoms with Crippen LogP contribution in [0.25, 0.3) is 0 Å². The first-order valence-corrected chi connectivity index (χ1v) is 9.67. The number of amides is 1. The molecule has 1 aliphatic rings. The van der Waals surface area contributed by atoms with Crippen LogP contribution in [0.2, 0.25) is 10.0 Å². The minimum absolute atomic E-state index is 0.0957. The smallest absolute Gasteiger partial charge is 0.234 e. The first-order chi connectivity index (χ1) is 12.1. The van der Waals surface area contributed by atoms with Crippen molar-refractivity contribution in [2.45, 2.75) is 4.90 Å². The fraction of sp³-hybridized carbons (Fsp3) is 0.278. The van der Waals surface area contributed by atoms with Crippen LogP contribution < -0.4 is 10.2 Å². The molecule has 0 aliphatic carbocycles. The van der Waals surface area contributed by atoms with Crippen molar-refractivity contribution in [1.82, 2.24) is 0 Å². The van der Waals surface area contributed by atoms with Gasteiger partial charge in [0, 0.05) is 18.0 Å². The number of nitrogens with zero attached hydrogens (tertiary/aromatic N) is 1. The molecule has 7 heteroatoms. The molecule has 2 aromatic carbocycles. The molecule has 0 bridgehead atoms. The van der Waals surface area contributed by atoms with Gasteiger partial charge in [-0.3, -0.25) is 4.79 Å².